The normalized spacial score (nSPS) is 25.2. The van der Waals surface area contributed by atoms with Crippen molar-refractivity contribution in [2.45, 2.75) is 39.2 Å². The number of nitrogens with zero attached hydrogens (tertiary/aromatic N) is 1. The van der Waals surface area contributed by atoms with Crippen molar-refractivity contribution >= 4 is 17.5 Å². The van der Waals surface area contributed by atoms with Gasteiger partial charge in [0.1, 0.15) is 0 Å². The Labute approximate surface area is 118 Å². The highest BCUT2D eigenvalue weighted by Crippen LogP contribution is 2.45. The van der Waals surface area contributed by atoms with E-state index in [1.807, 2.05) is 17.0 Å². The summed E-state index contributed by atoms with van der Waals surface area (Å²) in [6.07, 6.45) is 3.34. The Morgan fingerprint density at radius 2 is 2.00 bits per heavy atom. The van der Waals surface area contributed by atoms with E-state index in [1.165, 1.54) is 12.8 Å². The minimum absolute atomic E-state index is 0.0847. The van der Waals surface area contributed by atoms with Gasteiger partial charge in [-0.3, -0.25) is 9.59 Å². The van der Waals surface area contributed by atoms with E-state index in [2.05, 4.69) is 6.92 Å². The number of anilines is 1. The fourth-order valence-electron chi connectivity index (χ4n) is 3.51. The van der Waals surface area contributed by atoms with Crippen LogP contribution in [0.25, 0.3) is 0 Å². The third-order valence-corrected chi connectivity index (χ3v) is 4.49. The van der Waals surface area contributed by atoms with Gasteiger partial charge >= 0.3 is 0 Å². The number of carbonyl (C=O) groups excluding carboxylic acids is 2. The van der Waals surface area contributed by atoms with Gasteiger partial charge in [-0.1, -0.05) is 6.92 Å². The van der Waals surface area contributed by atoms with Crippen LogP contribution in [0.1, 0.15) is 42.6 Å². The van der Waals surface area contributed by atoms with Crippen molar-refractivity contribution in [1.82, 2.24) is 0 Å². The zero-order chi connectivity index (χ0) is 14.4. The standard InChI is InChI=1S/C16H20N2O2/c1-9-7-13-8-12(16(17)20)5-6-14(13)18(10(2)19)15(9)11-3-4-11/h5-6,8-9,11,15H,3-4,7H2,1-2H3,(H2,17,20)/t9-,15-/m1/s1. The Balaban J connectivity index is 2.06. The Morgan fingerprint density at radius 1 is 1.30 bits per heavy atom. The van der Waals surface area contributed by atoms with E-state index in [9.17, 15) is 9.59 Å². The number of hydrogen-bond acceptors (Lipinski definition) is 2. The molecule has 20 heavy (non-hydrogen) atoms. The summed E-state index contributed by atoms with van der Waals surface area (Å²) in [5.74, 6) is 0.723. The van der Waals surface area contributed by atoms with Crippen LogP contribution in [0.3, 0.4) is 0 Å². The van der Waals surface area contributed by atoms with Crippen LogP contribution in [0.4, 0.5) is 5.69 Å². The third-order valence-electron chi connectivity index (χ3n) is 4.49. The Bertz CT molecular complexity index is 578. The molecule has 106 valence electrons. The van der Waals surface area contributed by atoms with Crippen LogP contribution in [-0.4, -0.2) is 17.9 Å². The molecule has 1 aliphatic heterocycles. The lowest BCUT2D eigenvalue weighted by atomic mass is 9.83. The fourth-order valence-corrected chi connectivity index (χ4v) is 3.51. The highest BCUT2D eigenvalue weighted by molar-refractivity contribution is 5.97. The zero-order valence-corrected chi connectivity index (χ0v) is 11.9. The van der Waals surface area contributed by atoms with Gasteiger partial charge in [0.05, 0.1) is 0 Å². The largest absolute Gasteiger partial charge is 0.366 e. The predicted octanol–water partition coefficient (Wildman–Crippen LogP) is 2.11. The SMILES string of the molecule is CC(=O)N1c2ccc(C(N)=O)cc2C[C@@H](C)[C@@H]1C1CC1. The molecule has 2 N–H and O–H groups in total. The minimum atomic E-state index is -0.417. The first-order valence-corrected chi connectivity index (χ1v) is 7.21. The van der Waals surface area contributed by atoms with Crippen molar-refractivity contribution in [2.75, 3.05) is 4.90 Å². The molecule has 1 aromatic carbocycles. The zero-order valence-electron chi connectivity index (χ0n) is 11.9. The summed E-state index contributed by atoms with van der Waals surface area (Å²) in [6, 6.07) is 5.74. The molecule has 1 saturated carbocycles. The molecule has 0 radical (unpaired) electrons. The average molecular weight is 272 g/mol. The van der Waals surface area contributed by atoms with Crippen LogP contribution in [-0.2, 0) is 11.2 Å². The van der Waals surface area contributed by atoms with Gasteiger partial charge in [0, 0.05) is 24.2 Å². The average Bonchev–Trinajstić information content (AvgIpc) is 3.20. The lowest BCUT2D eigenvalue weighted by molar-refractivity contribution is -0.117. The summed E-state index contributed by atoms with van der Waals surface area (Å²) < 4.78 is 0. The van der Waals surface area contributed by atoms with E-state index >= 15 is 0 Å². The molecular formula is C16H20N2O2. The first-order valence-electron chi connectivity index (χ1n) is 7.21. The molecule has 4 heteroatoms. The fraction of sp³-hybridized carbons (Fsp3) is 0.500. The molecule has 0 aromatic heterocycles. The summed E-state index contributed by atoms with van der Waals surface area (Å²) in [4.78, 5) is 25.3. The molecule has 1 fully saturated rings. The van der Waals surface area contributed by atoms with Gasteiger partial charge in [0.2, 0.25) is 11.8 Å². The lowest BCUT2D eigenvalue weighted by Gasteiger charge is -2.41. The van der Waals surface area contributed by atoms with E-state index in [1.54, 1.807) is 13.0 Å². The second-order valence-corrected chi connectivity index (χ2v) is 6.11. The van der Waals surface area contributed by atoms with Crippen LogP contribution < -0.4 is 10.6 Å². The number of nitrogens with two attached hydrogens (primary N) is 1. The van der Waals surface area contributed by atoms with Gasteiger partial charge in [-0.2, -0.15) is 0 Å². The summed E-state index contributed by atoms with van der Waals surface area (Å²) >= 11 is 0. The summed E-state index contributed by atoms with van der Waals surface area (Å²) in [6.45, 7) is 3.82. The van der Waals surface area contributed by atoms with Gasteiger partial charge in [0.25, 0.3) is 0 Å². The number of hydrogen-bond donors (Lipinski definition) is 1. The molecule has 0 unspecified atom stereocenters. The molecule has 1 aromatic rings. The van der Waals surface area contributed by atoms with E-state index in [4.69, 9.17) is 5.73 Å². The summed E-state index contributed by atoms with van der Waals surface area (Å²) in [5.41, 5.74) is 7.87. The maximum absolute atomic E-state index is 12.1. The maximum Gasteiger partial charge on any atom is 0.248 e. The second-order valence-electron chi connectivity index (χ2n) is 6.11. The number of amides is 2. The molecule has 3 rings (SSSR count). The highest BCUT2D eigenvalue weighted by atomic mass is 16.2. The topological polar surface area (TPSA) is 63.4 Å². The molecule has 0 bridgehead atoms. The van der Waals surface area contributed by atoms with Crippen molar-refractivity contribution in [3.63, 3.8) is 0 Å². The summed E-state index contributed by atoms with van der Waals surface area (Å²) in [7, 11) is 0. The number of rotatable bonds is 2. The van der Waals surface area contributed by atoms with Crippen molar-refractivity contribution in [3.8, 4) is 0 Å². The second kappa shape index (κ2) is 4.62. The molecule has 0 saturated heterocycles. The Hall–Kier alpha value is -1.84. The van der Waals surface area contributed by atoms with Gasteiger partial charge in [-0.15, -0.1) is 0 Å². The van der Waals surface area contributed by atoms with E-state index in [-0.39, 0.29) is 5.91 Å². The van der Waals surface area contributed by atoms with Crippen molar-refractivity contribution in [3.05, 3.63) is 29.3 Å². The number of carbonyl (C=O) groups is 2. The Morgan fingerprint density at radius 3 is 2.55 bits per heavy atom. The number of primary amides is 1. The van der Waals surface area contributed by atoms with Crippen LogP contribution in [0.15, 0.2) is 18.2 Å². The van der Waals surface area contributed by atoms with Crippen molar-refractivity contribution in [2.24, 2.45) is 17.6 Å². The molecule has 2 amide bonds. The van der Waals surface area contributed by atoms with Crippen LogP contribution in [0.5, 0.6) is 0 Å². The molecule has 1 heterocycles. The smallest absolute Gasteiger partial charge is 0.248 e. The van der Waals surface area contributed by atoms with E-state index in [0.29, 0.717) is 23.4 Å². The minimum Gasteiger partial charge on any atom is -0.366 e. The van der Waals surface area contributed by atoms with Gasteiger partial charge in [-0.05, 0) is 54.9 Å². The quantitative estimate of drug-likeness (QED) is 0.896. The molecule has 4 nitrogen and oxygen atoms in total. The summed E-state index contributed by atoms with van der Waals surface area (Å²) in [5, 5.41) is 0. The van der Waals surface area contributed by atoms with Gasteiger partial charge in [-0.25, -0.2) is 0 Å². The van der Waals surface area contributed by atoms with Crippen LogP contribution in [0, 0.1) is 11.8 Å². The van der Waals surface area contributed by atoms with Crippen molar-refractivity contribution < 1.29 is 9.59 Å². The predicted molar refractivity (Wildman–Crippen MR) is 77.5 cm³/mol. The molecule has 0 spiro atoms. The molecule has 1 aliphatic carbocycles. The van der Waals surface area contributed by atoms with Crippen LogP contribution in [0.2, 0.25) is 0 Å². The first kappa shape index (κ1) is 13.2. The highest BCUT2D eigenvalue weighted by Gasteiger charge is 2.43. The van der Waals surface area contributed by atoms with Gasteiger partial charge < -0.3 is 10.6 Å². The van der Waals surface area contributed by atoms with Gasteiger partial charge in [0.15, 0.2) is 0 Å². The molecule has 2 atom stereocenters. The Kier molecular flexibility index (Phi) is 3.04. The number of fused-ring (bicyclic) bond motifs is 1. The van der Waals surface area contributed by atoms with E-state index in [0.717, 1.165) is 17.7 Å². The van der Waals surface area contributed by atoms with E-state index < -0.39 is 5.91 Å². The monoisotopic (exact) mass is 272 g/mol. The lowest BCUT2D eigenvalue weighted by Crippen LogP contribution is -2.48. The molecular weight excluding hydrogens is 252 g/mol. The number of benzene rings is 1. The first-order chi connectivity index (χ1) is 9.49. The van der Waals surface area contributed by atoms with Crippen LogP contribution >= 0.6 is 0 Å². The van der Waals surface area contributed by atoms with Crippen molar-refractivity contribution in [1.29, 1.82) is 0 Å². The maximum atomic E-state index is 12.1. The molecule has 2 aliphatic rings. The third kappa shape index (κ3) is 2.09.